The van der Waals surface area contributed by atoms with E-state index in [-0.39, 0.29) is 17.7 Å². The molecule has 0 spiro atoms. The first kappa shape index (κ1) is 14.4. The maximum absolute atomic E-state index is 12.3. The molecule has 0 aliphatic carbocycles. The Balaban J connectivity index is 2.87. The van der Waals surface area contributed by atoms with Crippen LogP contribution in [0, 0.1) is 0 Å². The smallest absolute Gasteiger partial charge is 0.255 e. The summed E-state index contributed by atoms with van der Waals surface area (Å²) in [7, 11) is 1.61. The van der Waals surface area contributed by atoms with Crippen molar-refractivity contribution in [1.82, 2.24) is 9.88 Å². The van der Waals surface area contributed by atoms with Crippen LogP contribution in [0.3, 0.4) is 0 Å². The van der Waals surface area contributed by atoms with Gasteiger partial charge in [0.25, 0.3) is 5.91 Å². The zero-order chi connectivity index (χ0) is 13.5. The summed E-state index contributed by atoms with van der Waals surface area (Å²) in [4.78, 5) is 17.9. The highest BCUT2D eigenvalue weighted by molar-refractivity contribution is 5.94. The van der Waals surface area contributed by atoms with Crippen LogP contribution in [-0.2, 0) is 4.74 Å². The van der Waals surface area contributed by atoms with Crippen LogP contribution >= 0.6 is 0 Å². The summed E-state index contributed by atoms with van der Waals surface area (Å²) >= 11 is 0. The molecule has 1 aromatic heterocycles. The van der Waals surface area contributed by atoms with E-state index < -0.39 is 0 Å². The Kier molecular flexibility index (Phi) is 5.58. The number of pyridine rings is 1. The average molecular weight is 252 g/mol. The van der Waals surface area contributed by atoms with Crippen LogP contribution in [0.5, 0.6) is 5.75 Å². The van der Waals surface area contributed by atoms with Gasteiger partial charge in [0, 0.05) is 25.9 Å². The van der Waals surface area contributed by atoms with E-state index in [4.69, 9.17) is 4.74 Å². The van der Waals surface area contributed by atoms with E-state index in [9.17, 15) is 9.90 Å². The molecule has 1 amide bonds. The average Bonchev–Trinajstić information content (AvgIpc) is 2.38. The monoisotopic (exact) mass is 252 g/mol. The minimum atomic E-state index is -0.134. The molecule has 5 heteroatoms. The topological polar surface area (TPSA) is 62.7 Å². The van der Waals surface area contributed by atoms with Crippen molar-refractivity contribution in [2.45, 2.75) is 26.3 Å². The van der Waals surface area contributed by atoms with Gasteiger partial charge < -0.3 is 14.7 Å². The summed E-state index contributed by atoms with van der Waals surface area (Å²) in [5.74, 6) is -0.138. The SMILES string of the molecule is CCC(C)N(CCOC)C(=O)c1cncc(O)c1. The van der Waals surface area contributed by atoms with Crippen molar-refractivity contribution in [3.05, 3.63) is 24.0 Å². The third-order valence-electron chi connectivity index (χ3n) is 2.89. The molecule has 1 rings (SSSR count). The Morgan fingerprint density at radius 2 is 2.28 bits per heavy atom. The van der Waals surface area contributed by atoms with Crippen LogP contribution in [-0.4, -0.2) is 47.2 Å². The molecule has 1 atom stereocenters. The van der Waals surface area contributed by atoms with Gasteiger partial charge in [0.2, 0.25) is 0 Å². The Morgan fingerprint density at radius 3 is 2.83 bits per heavy atom. The molecule has 1 unspecified atom stereocenters. The lowest BCUT2D eigenvalue weighted by Gasteiger charge is -2.28. The summed E-state index contributed by atoms with van der Waals surface area (Å²) in [5.41, 5.74) is 0.395. The molecule has 0 aliphatic rings. The minimum Gasteiger partial charge on any atom is -0.506 e. The summed E-state index contributed by atoms with van der Waals surface area (Å²) in [5, 5.41) is 9.36. The van der Waals surface area contributed by atoms with Crippen LogP contribution in [0.2, 0.25) is 0 Å². The summed E-state index contributed by atoms with van der Waals surface area (Å²) < 4.78 is 5.02. The first-order valence-electron chi connectivity index (χ1n) is 6.04. The van der Waals surface area contributed by atoms with Crippen molar-refractivity contribution in [3.8, 4) is 5.75 Å². The fourth-order valence-corrected chi connectivity index (χ4v) is 1.64. The number of nitrogens with zero attached hydrogens (tertiary/aromatic N) is 2. The maximum atomic E-state index is 12.3. The molecule has 0 aromatic carbocycles. The van der Waals surface area contributed by atoms with Gasteiger partial charge in [-0.3, -0.25) is 9.78 Å². The number of carbonyl (C=O) groups is 1. The van der Waals surface area contributed by atoms with Crippen molar-refractivity contribution < 1.29 is 14.6 Å². The van der Waals surface area contributed by atoms with Gasteiger partial charge in [-0.05, 0) is 19.4 Å². The quantitative estimate of drug-likeness (QED) is 0.836. The van der Waals surface area contributed by atoms with E-state index in [1.54, 1.807) is 12.0 Å². The van der Waals surface area contributed by atoms with Crippen LogP contribution in [0.25, 0.3) is 0 Å². The van der Waals surface area contributed by atoms with Gasteiger partial charge in [0.1, 0.15) is 5.75 Å². The maximum Gasteiger partial charge on any atom is 0.255 e. The van der Waals surface area contributed by atoms with E-state index in [1.807, 2.05) is 13.8 Å². The Morgan fingerprint density at radius 1 is 1.56 bits per heavy atom. The fraction of sp³-hybridized carbons (Fsp3) is 0.538. The molecular weight excluding hydrogens is 232 g/mol. The van der Waals surface area contributed by atoms with E-state index in [0.29, 0.717) is 18.7 Å². The lowest BCUT2D eigenvalue weighted by atomic mass is 10.1. The van der Waals surface area contributed by atoms with Gasteiger partial charge >= 0.3 is 0 Å². The highest BCUT2D eigenvalue weighted by atomic mass is 16.5. The molecule has 0 saturated carbocycles. The zero-order valence-electron chi connectivity index (χ0n) is 11.1. The van der Waals surface area contributed by atoms with Gasteiger partial charge in [-0.25, -0.2) is 0 Å². The molecule has 0 radical (unpaired) electrons. The number of aromatic nitrogens is 1. The second-order valence-corrected chi connectivity index (χ2v) is 4.18. The van der Waals surface area contributed by atoms with Crippen molar-refractivity contribution >= 4 is 5.91 Å². The second-order valence-electron chi connectivity index (χ2n) is 4.18. The predicted octanol–water partition coefficient (Wildman–Crippen LogP) is 1.67. The molecule has 1 aromatic rings. The van der Waals surface area contributed by atoms with Crippen LogP contribution in [0.4, 0.5) is 0 Å². The lowest BCUT2D eigenvalue weighted by Crippen LogP contribution is -2.40. The Bertz CT molecular complexity index is 396. The standard InChI is InChI=1S/C13H20N2O3/c1-4-10(2)15(5-6-18-3)13(17)11-7-12(16)9-14-8-11/h7-10,16H,4-6H2,1-3H3. The van der Waals surface area contributed by atoms with Gasteiger partial charge in [-0.1, -0.05) is 6.92 Å². The van der Waals surface area contributed by atoms with Crippen molar-refractivity contribution in [2.75, 3.05) is 20.3 Å². The molecular formula is C13H20N2O3. The Hall–Kier alpha value is -1.62. The number of carbonyl (C=O) groups excluding carboxylic acids is 1. The first-order chi connectivity index (χ1) is 8.60. The highest BCUT2D eigenvalue weighted by Crippen LogP contribution is 2.14. The second kappa shape index (κ2) is 6.96. The Labute approximate surface area is 107 Å². The van der Waals surface area contributed by atoms with Gasteiger partial charge in [-0.2, -0.15) is 0 Å². The number of amides is 1. The molecule has 5 nitrogen and oxygen atoms in total. The number of hydrogen-bond donors (Lipinski definition) is 1. The van der Waals surface area contributed by atoms with Crippen LogP contribution < -0.4 is 0 Å². The van der Waals surface area contributed by atoms with E-state index in [2.05, 4.69) is 4.98 Å². The normalized spacial score (nSPS) is 12.2. The molecule has 0 aliphatic heterocycles. The van der Waals surface area contributed by atoms with Gasteiger partial charge in [-0.15, -0.1) is 0 Å². The van der Waals surface area contributed by atoms with Crippen LogP contribution in [0.15, 0.2) is 18.5 Å². The third-order valence-corrected chi connectivity index (χ3v) is 2.89. The number of aromatic hydroxyl groups is 1. The first-order valence-corrected chi connectivity index (χ1v) is 6.04. The molecule has 0 saturated heterocycles. The molecule has 0 fully saturated rings. The van der Waals surface area contributed by atoms with Gasteiger partial charge in [0.05, 0.1) is 18.4 Å². The van der Waals surface area contributed by atoms with Crippen LogP contribution in [0.1, 0.15) is 30.6 Å². The molecule has 0 bridgehead atoms. The summed E-state index contributed by atoms with van der Waals surface area (Å²) in [6, 6.07) is 1.55. The number of hydrogen-bond acceptors (Lipinski definition) is 4. The molecule has 100 valence electrons. The fourth-order valence-electron chi connectivity index (χ4n) is 1.64. The molecule has 18 heavy (non-hydrogen) atoms. The third kappa shape index (κ3) is 3.70. The van der Waals surface area contributed by atoms with E-state index in [1.165, 1.54) is 18.5 Å². The molecule has 1 N–H and O–H groups in total. The largest absolute Gasteiger partial charge is 0.506 e. The van der Waals surface area contributed by atoms with Crippen molar-refractivity contribution in [3.63, 3.8) is 0 Å². The summed E-state index contributed by atoms with van der Waals surface area (Å²) in [6.07, 6.45) is 3.63. The molecule has 1 heterocycles. The van der Waals surface area contributed by atoms with Crippen molar-refractivity contribution in [1.29, 1.82) is 0 Å². The van der Waals surface area contributed by atoms with E-state index >= 15 is 0 Å². The van der Waals surface area contributed by atoms with E-state index in [0.717, 1.165) is 6.42 Å². The predicted molar refractivity (Wildman–Crippen MR) is 68.6 cm³/mol. The summed E-state index contributed by atoms with van der Waals surface area (Å²) in [6.45, 7) is 5.03. The highest BCUT2D eigenvalue weighted by Gasteiger charge is 2.20. The van der Waals surface area contributed by atoms with Crippen molar-refractivity contribution in [2.24, 2.45) is 0 Å². The lowest BCUT2D eigenvalue weighted by molar-refractivity contribution is 0.0613. The van der Waals surface area contributed by atoms with Gasteiger partial charge in [0.15, 0.2) is 0 Å². The zero-order valence-corrected chi connectivity index (χ0v) is 11.1. The number of rotatable bonds is 6. The number of methoxy groups -OCH3 is 1. The number of ether oxygens (including phenoxy) is 1. The minimum absolute atomic E-state index is 0.00306.